The van der Waals surface area contributed by atoms with E-state index >= 15 is 0 Å². The van der Waals surface area contributed by atoms with Crippen molar-refractivity contribution in [1.82, 2.24) is 4.98 Å². The fraction of sp³-hybridized carbons (Fsp3) is 0.200. The molecule has 84 valence electrons. The highest BCUT2D eigenvalue weighted by Gasteiger charge is 2.10. The molecule has 1 aromatic carbocycles. The number of primary amides is 1. The smallest absolute Gasteiger partial charge is 0.237 e. The normalized spacial score (nSPS) is 10.6. The van der Waals surface area contributed by atoms with Crippen LogP contribution >= 0.6 is 11.3 Å². The molecule has 0 aliphatic heterocycles. The second-order valence-corrected chi connectivity index (χ2v) is 4.56. The van der Waals surface area contributed by atoms with E-state index in [9.17, 15) is 4.79 Å². The van der Waals surface area contributed by atoms with Crippen LogP contribution in [0.15, 0.2) is 18.2 Å². The predicted octanol–water partition coefficient (Wildman–Crippen LogP) is 0.800. The van der Waals surface area contributed by atoms with Gasteiger partial charge in [-0.2, -0.15) is 0 Å². The summed E-state index contributed by atoms with van der Waals surface area (Å²) in [4.78, 5) is 16.9. The quantitative estimate of drug-likeness (QED) is 0.772. The van der Waals surface area contributed by atoms with Crippen molar-refractivity contribution in [2.24, 2.45) is 5.73 Å². The lowest BCUT2D eigenvalue weighted by molar-refractivity contribution is -0.116. The van der Waals surface area contributed by atoms with Crippen LogP contribution in [0.4, 0.5) is 10.8 Å². The van der Waals surface area contributed by atoms with Crippen LogP contribution in [0.3, 0.4) is 0 Å². The minimum atomic E-state index is -0.374. The van der Waals surface area contributed by atoms with E-state index in [1.807, 2.05) is 12.1 Å². The number of aromatic nitrogens is 1. The highest BCUT2D eigenvalue weighted by atomic mass is 32.1. The van der Waals surface area contributed by atoms with Crippen molar-refractivity contribution in [2.75, 3.05) is 24.2 Å². The molecule has 0 radical (unpaired) electrons. The van der Waals surface area contributed by atoms with E-state index in [0.717, 1.165) is 15.3 Å². The number of hydrogen-bond acceptors (Lipinski definition) is 5. The fourth-order valence-electron chi connectivity index (χ4n) is 1.39. The molecular weight excluding hydrogens is 224 g/mol. The highest BCUT2D eigenvalue weighted by Crippen LogP contribution is 2.29. The summed E-state index contributed by atoms with van der Waals surface area (Å²) in [7, 11) is 1.78. The van der Waals surface area contributed by atoms with Gasteiger partial charge in [-0.3, -0.25) is 4.79 Å². The molecule has 2 aromatic rings. The third kappa shape index (κ3) is 2.06. The van der Waals surface area contributed by atoms with Gasteiger partial charge in [-0.15, -0.1) is 0 Å². The maximum atomic E-state index is 10.8. The second-order valence-electron chi connectivity index (χ2n) is 3.55. The van der Waals surface area contributed by atoms with Gasteiger partial charge in [-0.05, 0) is 18.2 Å². The van der Waals surface area contributed by atoms with Gasteiger partial charge in [0.1, 0.15) is 0 Å². The van der Waals surface area contributed by atoms with E-state index in [1.165, 1.54) is 11.3 Å². The zero-order valence-corrected chi connectivity index (χ0v) is 9.62. The molecule has 0 unspecified atom stereocenters. The van der Waals surface area contributed by atoms with E-state index in [4.69, 9.17) is 11.5 Å². The summed E-state index contributed by atoms with van der Waals surface area (Å²) >= 11 is 1.49. The number of anilines is 2. The number of nitrogens with zero attached hydrogens (tertiary/aromatic N) is 2. The number of amides is 1. The molecule has 4 N–H and O–H groups in total. The average Bonchev–Trinajstić information content (AvgIpc) is 2.59. The highest BCUT2D eigenvalue weighted by molar-refractivity contribution is 7.22. The first kappa shape index (κ1) is 10.7. The van der Waals surface area contributed by atoms with Crippen LogP contribution in [0.25, 0.3) is 10.2 Å². The van der Waals surface area contributed by atoms with E-state index < -0.39 is 0 Å². The number of thiazole rings is 1. The van der Waals surface area contributed by atoms with Crippen LogP contribution < -0.4 is 16.4 Å². The van der Waals surface area contributed by atoms with E-state index in [2.05, 4.69) is 4.98 Å². The van der Waals surface area contributed by atoms with Crippen molar-refractivity contribution >= 4 is 38.3 Å². The summed E-state index contributed by atoms with van der Waals surface area (Å²) in [5.41, 5.74) is 12.4. The summed E-state index contributed by atoms with van der Waals surface area (Å²) in [6, 6.07) is 5.54. The van der Waals surface area contributed by atoms with Crippen molar-refractivity contribution in [2.45, 2.75) is 0 Å². The number of carbonyl (C=O) groups excluding carboxylic acids is 1. The maximum Gasteiger partial charge on any atom is 0.237 e. The topological polar surface area (TPSA) is 85.2 Å². The van der Waals surface area contributed by atoms with Crippen LogP contribution in [0.1, 0.15) is 0 Å². The van der Waals surface area contributed by atoms with Crippen molar-refractivity contribution in [1.29, 1.82) is 0 Å². The van der Waals surface area contributed by atoms with Crippen molar-refractivity contribution in [3.63, 3.8) is 0 Å². The lowest BCUT2D eigenvalue weighted by Gasteiger charge is -2.11. The number of likely N-dealkylation sites (N-methyl/N-ethyl adjacent to an activating group) is 1. The molecule has 0 bridgehead atoms. The van der Waals surface area contributed by atoms with Gasteiger partial charge in [-0.1, -0.05) is 11.3 Å². The van der Waals surface area contributed by atoms with Gasteiger partial charge < -0.3 is 16.4 Å². The molecular formula is C10H12N4OS. The third-order valence-corrected chi connectivity index (χ3v) is 3.25. The van der Waals surface area contributed by atoms with Gasteiger partial charge in [0.05, 0.1) is 16.8 Å². The number of benzene rings is 1. The lowest BCUT2D eigenvalue weighted by atomic mass is 10.3. The summed E-state index contributed by atoms with van der Waals surface area (Å²) in [6.07, 6.45) is 0. The molecule has 0 fully saturated rings. The maximum absolute atomic E-state index is 10.8. The average molecular weight is 236 g/mol. The Morgan fingerprint density at radius 1 is 1.56 bits per heavy atom. The largest absolute Gasteiger partial charge is 0.399 e. The molecule has 16 heavy (non-hydrogen) atoms. The summed E-state index contributed by atoms with van der Waals surface area (Å²) in [6.45, 7) is 0.162. The monoisotopic (exact) mass is 236 g/mol. The van der Waals surface area contributed by atoms with Gasteiger partial charge in [0.25, 0.3) is 0 Å². The number of rotatable bonds is 3. The molecule has 1 heterocycles. The van der Waals surface area contributed by atoms with E-state index in [1.54, 1.807) is 18.0 Å². The lowest BCUT2D eigenvalue weighted by Crippen LogP contribution is -2.30. The summed E-state index contributed by atoms with van der Waals surface area (Å²) in [5.74, 6) is -0.374. The third-order valence-electron chi connectivity index (χ3n) is 2.12. The minimum absolute atomic E-state index is 0.162. The molecule has 1 aromatic heterocycles. The summed E-state index contributed by atoms with van der Waals surface area (Å²) < 4.78 is 1.01. The van der Waals surface area contributed by atoms with Crippen molar-refractivity contribution in [3.8, 4) is 0 Å². The molecule has 0 atom stereocenters. The predicted molar refractivity (Wildman–Crippen MR) is 66.5 cm³/mol. The van der Waals surface area contributed by atoms with Crippen LogP contribution in [-0.4, -0.2) is 24.5 Å². The Bertz CT molecular complexity index is 537. The van der Waals surface area contributed by atoms with Crippen molar-refractivity contribution < 1.29 is 4.79 Å². The van der Waals surface area contributed by atoms with Gasteiger partial charge in [0.2, 0.25) is 5.91 Å². The summed E-state index contributed by atoms with van der Waals surface area (Å²) in [5, 5.41) is 0.763. The molecule has 2 rings (SSSR count). The SMILES string of the molecule is CN(CC(N)=O)c1nc2ccc(N)cc2s1. The molecule has 5 nitrogen and oxygen atoms in total. The number of fused-ring (bicyclic) bond motifs is 1. The second kappa shape index (κ2) is 3.97. The zero-order chi connectivity index (χ0) is 11.7. The molecule has 0 saturated heterocycles. The van der Waals surface area contributed by atoms with Crippen LogP contribution in [0.5, 0.6) is 0 Å². The number of hydrogen-bond donors (Lipinski definition) is 2. The first-order valence-corrected chi connectivity index (χ1v) is 5.53. The molecule has 0 spiro atoms. The Labute approximate surface area is 96.7 Å². The molecule has 0 saturated carbocycles. The standard InChI is InChI=1S/C10H12N4OS/c1-14(5-9(12)15)10-13-7-3-2-6(11)4-8(7)16-10/h2-4H,5,11H2,1H3,(H2,12,15). The van der Waals surface area contributed by atoms with Crippen LogP contribution in [0.2, 0.25) is 0 Å². The minimum Gasteiger partial charge on any atom is -0.399 e. The number of nitrogen functional groups attached to an aromatic ring is 1. The number of carbonyl (C=O) groups is 1. The Morgan fingerprint density at radius 2 is 2.31 bits per heavy atom. The van der Waals surface area contributed by atoms with Gasteiger partial charge in [0, 0.05) is 12.7 Å². The van der Waals surface area contributed by atoms with Gasteiger partial charge >= 0.3 is 0 Å². The fourth-order valence-corrected chi connectivity index (χ4v) is 2.37. The molecule has 0 aliphatic carbocycles. The first-order chi connectivity index (χ1) is 7.56. The zero-order valence-electron chi connectivity index (χ0n) is 8.80. The van der Waals surface area contributed by atoms with Crippen molar-refractivity contribution in [3.05, 3.63) is 18.2 Å². The Morgan fingerprint density at radius 3 is 3.00 bits per heavy atom. The molecule has 1 amide bonds. The van der Waals surface area contributed by atoms with E-state index in [0.29, 0.717) is 5.69 Å². The number of nitrogens with two attached hydrogens (primary N) is 2. The molecule has 0 aliphatic rings. The Kier molecular flexibility index (Phi) is 2.66. The Hall–Kier alpha value is -1.82. The van der Waals surface area contributed by atoms with Crippen LogP contribution in [-0.2, 0) is 4.79 Å². The van der Waals surface area contributed by atoms with E-state index in [-0.39, 0.29) is 12.5 Å². The first-order valence-electron chi connectivity index (χ1n) is 4.72. The molecule has 6 heteroatoms. The van der Waals surface area contributed by atoms with Gasteiger partial charge in [-0.25, -0.2) is 4.98 Å². The Balaban J connectivity index is 2.35. The van der Waals surface area contributed by atoms with Gasteiger partial charge in [0.15, 0.2) is 5.13 Å². The van der Waals surface area contributed by atoms with Crippen LogP contribution in [0, 0.1) is 0 Å².